The Morgan fingerprint density at radius 1 is 1.47 bits per heavy atom. The van der Waals surface area contributed by atoms with Gasteiger partial charge in [0.25, 0.3) is 0 Å². The number of amidine groups is 1. The number of likely N-dealkylation sites (N-methyl/N-ethyl adjacent to an activating group) is 1. The van der Waals surface area contributed by atoms with E-state index in [-0.39, 0.29) is 0 Å². The van der Waals surface area contributed by atoms with Gasteiger partial charge in [-0.25, -0.2) is 4.99 Å². The van der Waals surface area contributed by atoms with Crippen molar-refractivity contribution in [3.8, 4) is 5.75 Å². The molecule has 1 aliphatic rings. The number of aliphatic imine (C=N–C) groups is 1. The lowest BCUT2D eigenvalue weighted by atomic mass is 10.0. The number of hydrogen-bond donors (Lipinski definition) is 0. The van der Waals surface area contributed by atoms with Gasteiger partial charge in [0, 0.05) is 13.2 Å². The van der Waals surface area contributed by atoms with Crippen LogP contribution in [0.1, 0.15) is 25.0 Å². The summed E-state index contributed by atoms with van der Waals surface area (Å²) in [6.07, 6.45) is 3.68. The van der Waals surface area contributed by atoms with Crippen molar-refractivity contribution in [1.29, 1.82) is 0 Å². The van der Waals surface area contributed by atoms with E-state index in [0.717, 1.165) is 23.7 Å². The first-order chi connectivity index (χ1) is 9.17. The Bertz CT molecular complexity index is 544. The van der Waals surface area contributed by atoms with E-state index in [9.17, 15) is 0 Å². The van der Waals surface area contributed by atoms with E-state index in [0.29, 0.717) is 6.61 Å². The molecule has 0 saturated carbocycles. The number of benzene rings is 1. The van der Waals surface area contributed by atoms with Gasteiger partial charge < -0.3 is 9.64 Å². The molecule has 3 nitrogen and oxygen atoms in total. The summed E-state index contributed by atoms with van der Waals surface area (Å²) in [6.45, 7) is 9.31. The second kappa shape index (κ2) is 5.74. The Balaban J connectivity index is 2.53. The third-order valence-corrected chi connectivity index (χ3v) is 3.37. The molecule has 0 radical (unpaired) electrons. The first-order valence-electron chi connectivity index (χ1n) is 6.47. The number of hydrogen-bond acceptors (Lipinski definition) is 2. The predicted octanol–water partition coefficient (Wildman–Crippen LogP) is 3.32. The van der Waals surface area contributed by atoms with E-state index in [1.807, 2.05) is 14.0 Å². The Labute approximate surface area is 114 Å². The van der Waals surface area contributed by atoms with Crippen LogP contribution in [0.3, 0.4) is 0 Å². The summed E-state index contributed by atoms with van der Waals surface area (Å²) in [6, 6.07) is 6.26. The number of allylic oxidation sites excluding steroid dienone is 2. The lowest BCUT2D eigenvalue weighted by molar-refractivity contribution is 0.294. The average Bonchev–Trinajstić information content (AvgIpc) is 2.58. The summed E-state index contributed by atoms with van der Waals surface area (Å²) in [5.74, 6) is 1.80. The molecule has 100 valence electrons. The molecule has 19 heavy (non-hydrogen) atoms. The molecular formula is C16H20N2O. The molecule has 0 aromatic heterocycles. The van der Waals surface area contributed by atoms with E-state index in [1.54, 1.807) is 6.20 Å². The van der Waals surface area contributed by atoms with Crippen LogP contribution in [0.15, 0.2) is 42.0 Å². The smallest absolute Gasteiger partial charge is 0.139 e. The molecule has 0 bridgehead atoms. The molecule has 1 heterocycles. The Kier molecular flexibility index (Phi) is 4.05. The quantitative estimate of drug-likeness (QED) is 0.811. The maximum atomic E-state index is 5.85. The largest absolute Gasteiger partial charge is 0.491 e. The van der Waals surface area contributed by atoms with Gasteiger partial charge in [-0.1, -0.05) is 18.7 Å². The maximum Gasteiger partial charge on any atom is 0.139 e. The maximum absolute atomic E-state index is 5.85. The van der Waals surface area contributed by atoms with Gasteiger partial charge in [-0.2, -0.15) is 0 Å². The molecule has 1 aromatic rings. The summed E-state index contributed by atoms with van der Waals surface area (Å²) in [5, 5.41) is 0. The van der Waals surface area contributed by atoms with E-state index in [2.05, 4.69) is 47.7 Å². The summed E-state index contributed by atoms with van der Waals surface area (Å²) < 4.78 is 5.85. The second-order valence-corrected chi connectivity index (χ2v) is 4.59. The first-order valence-corrected chi connectivity index (χ1v) is 6.47. The molecule has 0 saturated heterocycles. The minimum absolute atomic E-state index is 0.665. The van der Waals surface area contributed by atoms with Crippen molar-refractivity contribution in [2.75, 3.05) is 20.2 Å². The SMILES string of the molecule is C=CN=C1c2ccc(/C(C)=C/C)cc2OCCN1C. The van der Waals surface area contributed by atoms with Crippen LogP contribution >= 0.6 is 0 Å². The third-order valence-electron chi connectivity index (χ3n) is 3.37. The van der Waals surface area contributed by atoms with Crippen LogP contribution in [0.25, 0.3) is 5.57 Å². The van der Waals surface area contributed by atoms with Crippen LogP contribution < -0.4 is 4.74 Å². The normalized spacial score (nSPS) is 17.7. The fourth-order valence-electron chi connectivity index (χ4n) is 2.10. The molecule has 1 aromatic carbocycles. The third kappa shape index (κ3) is 2.70. The summed E-state index contributed by atoms with van der Waals surface area (Å²) in [5.41, 5.74) is 3.45. The highest BCUT2D eigenvalue weighted by Gasteiger charge is 2.19. The highest BCUT2D eigenvalue weighted by atomic mass is 16.5. The monoisotopic (exact) mass is 256 g/mol. The lowest BCUT2D eigenvalue weighted by Gasteiger charge is -2.17. The van der Waals surface area contributed by atoms with Crippen molar-refractivity contribution >= 4 is 11.4 Å². The predicted molar refractivity (Wildman–Crippen MR) is 80.6 cm³/mol. The Morgan fingerprint density at radius 2 is 2.26 bits per heavy atom. The zero-order valence-corrected chi connectivity index (χ0v) is 11.8. The van der Waals surface area contributed by atoms with Crippen molar-refractivity contribution in [2.45, 2.75) is 13.8 Å². The van der Waals surface area contributed by atoms with Crippen LogP contribution in [0, 0.1) is 0 Å². The number of nitrogens with zero attached hydrogens (tertiary/aromatic N) is 2. The Hall–Kier alpha value is -2.03. The summed E-state index contributed by atoms with van der Waals surface area (Å²) in [4.78, 5) is 6.47. The topological polar surface area (TPSA) is 24.8 Å². The molecule has 0 amide bonds. The highest BCUT2D eigenvalue weighted by molar-refractivity contribution is 6.02. The zero-order chi connectivity index (χ0) is 13.8. The molecular weight excluding hydrogens is 236 g/mol. The standard InChI is InChI=1S/C16H20N2O/c1-5-12(3)13-7-8-14-15(11-13)19-10-9-18(4)16(14)17-6-2/h5-8,11H,2,9-10H2,1,3-4H3/b12-5+,17-16?. The molecule has 0 N–H and O–H groups in total. The first kappa shape index (κ1) is 13.4. The van der Waals surface area contributed by atoms with Crippen LogP contribution in [0.2, 0.25) is 0 Å². The van der Waals surface area contributed by atoms with Gasteiger partial charge in [0.1, 0.15) is 18.2 Å². The van der Waals surface area contributed by atoms with Crippen molar-refractivity contribution < 1.29 is 4.74 Å². The number of fused-ring (bicyclic) bond motifs is 1. The average molecular weight is 256 g/mol. The van der Waals surface area contributed by atoms with E-state index in [4.69, 9.17) is 4.74 Å². The van der Waals surface area contributed by atoms with Crippen LogP contribution in [0.4, 0.5) is 0 Å². The van der Waals surface area contributed by atoms with Gasteiger partial charge in [0.2, 0.25) is 0 Å². The van der Waals surface area contributed by atoms with Gasteiger partial charge >= 0.3 is 0 Å². The van der Waals surface area contributed by atoms with Crippen molar-refractivity contribution in [1.82, 2.24) is 4.90 Å². The molecule has 0 fully saturated rings. The minimum atomic E-state index is 0.665. The van der Waals surface area contributed by atoms with Gasteiger partial charge in [-0.05, 0) is 37.1 Å². The van der Waals surface area contributed by atoms with Crippen molar-refractivity contribution in [3.05, 3.63) is 48.2 Å². The van der Waals surface area contributed by atoms with Gasteiger partial charge in [-0.3, -0.25) is 0 Å². The molecule has 3 heteroatoms. The fraction of sp³-hybridized carbons (Fsp3) is 0.312. The fourth-order valence-corrected chi connectivity index (χ4v) is 2.10. The van der Waals surface area contributed by atoms with E-state index in [1.165, 1.54) is 11.1 Å². The van der Waals surface area contributed by atoms with Crippen LogP contribution in [-0.2, 0) is 0 Å². The number of rotatable bonds is 2. The van der Waals surface area contributed by atoms with Crippen LogP contribution in [-0.4, -0.2) is 30.9 Å². The molecule has 1 aliphatic heterocycles. The van der Waals surface area contributed by atoms with Crippen molar-refractivity contribution in [2.24, 2.45) is 4.99 Å². The molecule has 0 aliphatic carbocycles. The van der Waals surface area contributed by atoms with Gasteiger partial charge in [0.15, 0.2) is 0 Å². The van der Waals surface area contributed by atoms with Crippen LogP contribution in [0.5, 0.6) is 5.75 Å². The molecule has 0 spiro atoms. The second-order valence-electron chi connectivity index (χ2n) is 4.59. The van der Waals surface area contributed by atoms with Crippen molar-refractivity contribution in [3.63, 3.8) is 0 Å². The van der Waals surface area contributed by atoms with Gasteiger partial charge in [-0.15, -0.1) is 0 Å². The summed E-state index contributed by atoms with van der Waals surface area (Å²) in [7, 11) is 2.02. The molecule has 2 rings (SSSR count). The van der Waals surface area contributed by atoms with Gasteiger partial charge in [0.05, 0.1) is 12.1 Å². The van der Waals surface area contributed by atoms with E-state index >= 15 is 0 Å². The van der Waals surface area contributed by atoms with E-state index < -0.39 is 0 Å². The summed E-state index contributed by atoms with van der Waals surface area (Å²) >= 11 is 0. The molecule has 0 atom stereocenters. The number of ether oxygens (including phenoxy) is 1. The lowest BCUT2D eigenvalue weighted by Crippen LogP contribution is -2.28. The Morgan fingerprint density at radius 3 is 2.95 bits per heavy atom. The molecule has 0 unspecified atom stereocenters. The highest BCUT2D eigenvalue weighted by Crippen LogP contribution is 2.27. The zero-order valence-electron chi connectivity index (χ0n) is 11.8. The minimum Gasteiger partial charge on any atom is -0.491 e.